The fraction of sp³-hybridized carbons (Fsp3) is 0.586. The first kappa shape index (κ1) is 27.7. The fourth-order valence-electron chi connectivity index (χ4n) is 6.40. The zero-order valence-electron chi connectivity index (χ0n) is 23.2. The highest BCUT2D eigenvalue weighted by atomic mass is 19.4. The summed E-state index contributed by atoms with van der Waals surface area (Å²) in [4.78, 5) is 31.0. The van der Waals surface area contributed by atoms with Gasteiger partial charge in [0.1, 0.15) is 17.2 Å². The molecule has 0 radical (unpaired) electrons. The number of pyridine rings is 1. The zero-order chi connectivity index (χ0) is 28.4. The van der Waals surface area contributed by atoms with E-state index in [0.29, 0.717) is 43.1 Å². The number of amides is 1. The third-order valence-corrected chi connectivity index (χ3v) is 8.79. The smallest absolute Gasteiger partial charge is 0.370 e. The number of carbonyl (C=O) groups excluding carboxylic acids is 1. The van der Waals surface area contributed by atoms with Crippen molar-refractivity contribution in [2.45, 2.75) is 70.1 Å². The van der Waals surface area contributed by atoms with E-state index in [4.69, 9.17) is 4.98 Å². The standard InChI is InChI=1S/C29H37F3N8O/c30-29(31,32)21-7-13-38(14-8-21)22-9-15-39(16-10-22)23-5-6-25(34-19-23)36-28-35-18-20-17-24-27(41)33-11-3-1-2-4-12-40(24)26(20)37-28/h5-6,17-19,21-22H,1-4,7-16H2,(H,33,41)(H,34,35,36,37). The Balaban J connectivity index is 1.07. The van der Waals surface area contributed by atoms with Crippen LogP contribution in [0.25, 0.3) is 11.0 Å². The van der Waals surface area contributed by atoms with Gasteiger partial charge in [0.25, 0.3) is 5.91 Å². The number of hydrogen-bond acceptors (Lipinski definition) is 7. The van der Waals surface area contributed by atoms with Gasteiger partial charge in [-0.05, 0) is 69.8 Å². The first-order valence-corrected chi connectivity index (χ1v) is 14.8. The topological polar surface area (TPSA) is 91.2 Å². The van der Waals surface area contributed by atoms with Gasteiger partial charge in [0, 0.05) is 43.8 Å². The fourth-order valence-corrected chi connectivity index (χ4v) is 6.40. The molecule has 2 N–H and O–H groups in total. The first-order chi connectivity index (χ1) is 19.8. The van der Waals surface area contributed by atoms with E-state index in [1.54, 1.807) is 6.20 Å². The van der Waals surface area contributed by atoms with Gasteiger partial charge in [-0.25, -0.2) is 9.97 Å². The normalized spacial score (nSPS) is 20.6. The minimum Gasteiger partial charge on any atom is -0.370 e. The van der Waals surface area contributed by atoms with Crippen LogP contribution in [0.1, 0.15) is 61.9 Å². The second-order valence-electron chi connectivity index (χ2n) is 11.4. The van der Waals surface area contributed by atoms with Crippen molar-refractivity contribution in [3.05, 3.63) is 36.3 Å². The van der Waals surface area contributed by atoms with E-state index in [9.17, 15) is 18.0 Å². The predicted molar refractivity (Wildman–Crippen MR) is 151 cm³/mol. The van der Waals surface area contributed by atoms with Crippen LogP contribution in [0.3, 0.4) is 0 Å². The van der Waals surface area contributed by atoms with Gasteiger partial charge in [-0.2, -0.15) is 18.2 Å². The molecule has 1 amide bonds. The largest absolute Gasteiger partial charge is 0.391 e. The summed E-state index contributed by atoms with van der Waals surface area (Å²) in [5.41, 5.74) is 2.37. The number of fused-ring (bicyclic) bond motifs is 3. The van der Waals surface area contributed by atoms with Crippen molar-refractivity contribution in [2.24, 2.45) is 5.92 Å². The molecule has 3 aliphatic heterocycles. The number of nitrogens with zero attached hydrogens (tertiary/aromatic N) is 6. The molecule has 0 aromatic carbocycles. The molecule has 0 saturated carbocycles. The van der Waals surface area contributed by atoms with Crippen molar-refractivity contribution in [3.8, 4) is 0 Å². The highest BCUT2D eigenvalue weighted by molar-refractivity contribution is 5.98. The van der Waals surface area contributed by atoms with E-state index >= 15 is 0 Å². The van der Waals surface area contributed by atoms with Crippen molar-refractivity contribution < 1.29 is 18.0 Å². The first-order valence-electron chi connectivity index (χ1n) is 14.8. The number of carbonyl (C=O) groups is 1. The Labute approximate surface area is 237 Å². The van der Waals surface area contributed by atoms with Crippen LogP contribution >= 0.6 is 0 Å². The number of aryl methyl sites for hydroxylation is 1. The Bertz CT molecular complexity index is 1340. The second kappa shape index (κ2) is 11.8. The van der Waals surface area contributed by atoms with Crippen LogP contribution in [0.15, 0.2) is 30.6 Å². The monoisotopic (exact) mass is 570 g/mol. The lowest BCUT2D eigenvalue weighted by molar-refractivity contribution is -0.186. The number of piperidine rings is 2. The number of halogens is 3. The van der Waals surface area contributed by atoms with Crippen LogP contribution in [-0.4, -0.2) is 75.3 Å². The highest BCUT2D eigenvalue weighted by Crippen LogP contribution is 2.35. The summed E-state index contributed by atoms with van der Waals surface area (Å²) >= 11 is 0. The van der Waals surface area contributed by atoms with Gasteiger partial charge in [0.15, 0.2) is 0 Å². The number of rotatable bonds is 4. The minimum atomic E-state index is -4.07. The lowest BCUT2D eigenvalue weighted by Crippen LogP contribution is -2.49. The van der Waals surface area contributed by atoms with E-state index in [-0.39, 0.29) is 18.7 Å². The zero-order valence-corrected chi connectivity index (χ0v) is 23.2. The van der Waals surface area contributed by atoms with Crippen molar-refractivity contribution >= 4 is 34.4 Å². The molecule has 0 spiro atoms. The van der Waals surface area contributed by atoms with E-state index in [2.05, 4.69) is 30.4 Å². The van der Waals surface area contributed by atoms with Crippen LogP contribution in [0.2, 0.25) is 0 Å². The Hall–Kier alpha value is -3.41. The van der Waals surface area contributed by atoms with E-state index in [1.165, 1.54) is 0 Å². The summed E-state index contributed by atoms with van der Waals surface area (Å²) in [5, 5.41) is 7.03. The third-order valence-electron chi connectivity index (χ3n) is 8.79. The molecular weight excluding hydrogens is 533 g/mol. The van der Waals surface area contributed by atoms with Crippen LogP contribution in [0.5, 0.6) is 0 Å². The van der Waals surface area contributed by atoms with Gasteiger partial charge in [0.2, 0.25) is 5.95 Å². The summed E-state index contributed by atoms with van der Waals surface area (Å²) in [6.07, 6.45) is 5.99. The quantitative estimate of drug-likeness (QED) is 0.450. The summed E-state index contributed by atoms with van der Waals surface area (Å²) in [6, 6.07) is 6.12. The van der Waals surface area contributed by atoms with E-state index in [0.717, 1.165) is 74.9 Å². The molecule has 3 aliphatic rings. The molecule has 0 bridgehead atoms. The maximum absolute atomic E-state index is 13.0. The molecule has 2 fully saturated rings. The highest BCUT2D eigenvalue weighted by Gasteiger charge is 2.42. The summed E-state index contributed by atoms with van der Waals surface area (Å²) in [6.45, 7) is 4.19. The van der Waals surface area contributed by atoms with Crippen LogP contribution in [0.4, 0.5) is 30.6 Å². The van der Waals surface area contributed by atoms with Crippen LogP contribution < -0.4 is 15.5 Å². The molecule has 3 aromatic heterocycles. The van der Waals surface area contributed by atoms with E-state index in [1.807, 2.05) is 29.0 Å². The third kappa shape index (κ3) is 6.27. The maximum Gasteiger partial charge on any atom is 0.391 e. The van der Waals surface area contributed by atoms with Crippen molar-refractivity contribution in [1.82, 2.24) is 29.7 Å². The molecule has 6 rings (SSSR count). The van der Waals surface area contributed by atoms with Crippen LogP contribution in [0, 0.1) is 5.92 Å². The van der Waals surface area contributed by atoms with Gasteiger partial charge in [-0.15, -0.1) is 0 Å². The number of hydrogen-bond donors (Lipinski definition) is 2. The Morgan fingerprint density at radius 3 is 2.41 bits per heavy atom. The molecule has 0 atom stereocenters. The molecule has 41 heavy (non-hydrogen) atoms. The molecule has 0 aliphatic carbocycles. The Kier molecular flexibility index (Phi) is 8.01. The summed E-state index contributed by atoms with van der Waals surface area (Å²) in [7, 11) is 0. The van der Waals surface area contributed by atoms with Gasteiger partial charge < -0.3 is 25.0 Å². The predicted octanol–water partition coefficient (Wildman–Crippen LogP) is 5.12. The summed E-state index contributed by atoms with van der Waals surface area (Å²) in [5.74, 6) is -0.179. The average Bonchev–Trinajstić information content (AvgIpc) is 3.35. The van der Waals surface area contributed by atoms with E-state index < -0.39 is 12.1 Å². The molecule has 2 saturated heterocycles. The molecule has 0 unspecified atom stereocenters. The number of alkyl halides is 3. The molecule has 3 aromatic rings. The lowest BCUT2D eigenvalue weighted by Gasteiger charge is -2.42. The van der Waals surface area contributed by atoms with Crippen molar-refractivity contribution in [1.29, 1.82) is 0 Å². The van der Waals surface area contributed by atoms with Gasteiger partial charge >= 0.3 is 6.18 Å². The lowest BCUT2D eigenvalue weighted by atomic mass is 9.93. The number of anilines is 3. The van der Waals surface area contributed by atoms with Gasteiger partial charge in [0.05, 0.1) is 17.8 Å². The van der Waals surface area contributed by atoms with Crippen molar-refractivity contribution in [2.75, 3.05) is 42.9 Å². The maximum atomic E-state index is 13.0. The van der Waals surface area contributed by atoms with Gasteiger partial charge in [-0.3, -0.25) is 4.79 Å². The minimum absolute atomic E-state index is 0.0771. The molecular formula is C29H37F3N8O. The molecule has 9 nitrogen and oxygen atoms in total. The Morgan fingerprint density at radius 1 is 0.902 bits per heavy atom. The van der Waals surface area contributed by atoms with Gasteiger partial charge in [-0.1, -0.05) is 12.8 Å². The number of likely N-dealkylation sites (tertiary alicyclic amines) is 1. The number of aromatic nitrogens is 4. The molecule has 220 valence electrons. The second-order valence-corrected chi connectivity index (χ2v) is 11.4. The molecule has 12 heteroatoms. The van der Waals surface area contributed by atoms with Crippen molar-refractivity contribution in [3.63, 3.8) is 0 Å². The summed E-state index contributed by atoms with van der Waals surface area (Å²) < 4.78 is 41.0. The Morgan fingerprint density at radius 2 is 1.68 bits per heavy atom. The average molecular weight is 571 g/mol. The SMILES string of the molecule is O=C1NCCCCCCn2c1cc1cnc(Nc3ccc(N4CCC(N5CCC(C(F)(F)F)CC5)CC4)cn3)nc12. The van der Waals surface area contributed by atoms with Crippen LogP contribution in [-0.2, 0) is 6.54 Å². The molecule has 6 heterocycles. The number of nitrogens with one attached hydrogen (secondary N) is 2.